The molecule has 0 aromatic carbocycles. The molecular formula is C26H37N7O4S. The van der Waals surface area contributed by atoms with Gasteiger partial charge in [-0.15, -0.1) is 0 Å². The van der Waals surface area contributed by atoms with Gasteiger partial charge in [0.05, 0.1) is 56.0 Å². The van der Waals surface area contributed by atoms with Gasteiger partial charge >= 0.3 is 0 Å². The zero-order valence-electron chi connectivity index (χ0n) is 22.6. The fourth-order valence-corrected chi connectivity index (χ4v) is 5.94. The van der Waals surface area contributed by atoms with Crippen molar-refractivity contribution in [3.8, 4) is 22.8 Å². The van der Waals surface area contributed by atoms with Crippen molar-refractivity contribution in [2.75, 3.05) is 44.4 Å². The molecule has 11 nitrogen and oxygen atoms in total. The van der Waals surface area contributed by atoms with Crippen LogP contribution in [0, 0.1) is 5.92 Å². The molecule has 38 heavy (non-hydrogen) atoms. The SMILES string of the molecule is COc1ncc(-n2nc(-c3cnn(CC4CCN(C(C)C)CC4)c3)c3c2CCOCC3)cc1NS(C)(=O)=O. The van der Waals surface area contributed by atoms with E-state index >= 15 is 0 Å². The van der Waals surface area contributed by atoms with Crippen LogP contribution in [0.25, 0.3) is 16.9 Å². The van der Waals surface area contributed by atoms with Gasteiger partial charge in [-0.2, -0.15) is 10.2 Å². The molecule has 12 heteroatoms. The zero-order valence-corrected chi connectivity index (χ0v) is 23.4. The van der Waals surface area contributed by atoms with E-state index in [9.17, 15) is 8.42 Å². The van der Waals surface area contributed by atoms with Gasteiger partial charge in [-0.3, -0.25) is 9.40 Å². The van der Waals surface area contributed by atoms with Gasteiger partial charge in [-0.25, -0.2) is 18.1 Å². The number of hydrogen-bond donors (Lipinski definition) is 1. The van der Waals surface area contributed by atoms with Crippen molar-refractivity contribution in [3.05, 3.63) is 35.9 Å². The lowest BCUT2D eigenvalue weighted by atomic mass is 9.96. The summed E-state index contributed by atoms with van der Waals surface area (Å²) in [4.78, 5) is 6.88. The maximum atomic E-state index is 11.9. The van der Waals surface area contributed by atoms with Gasteiger partial charge in [0.15, 0.2) is 0 Å². The summed E-state index contributed by atoms with van der Waals surface area (Å²) in [7, 11) is -2.07. The van der Waals surface area contributed by atoms with Crippen molar-refractivity contribution in [3.63, 3.8) is 0 Å². The molecule has 0 saturated carbocycles. The van der Waals surface area contributed by atoms with Crippen LogP contribution in [-0.4, -0.2) is 83.6 Å². The number of aromatic nitrogens is 5. The van der Waals surface area contributed by atoms with E-state index < -0.39 is 10.0 Å². The van der Waals surface area contributed by atoms with Crippen LogP contribution < -0.4 is 9.46 Å². The lowest BCUT2D eigenvalue weighted by Crippen LogP contribution is -2.39. The third-order valence-electron chi connectivity index (χ3n) is 7.37. The van der Waals surface area contributed by atoms with Crippen molar-refractivity contribution in [1.82, 2.24) is 29.4 Å². The highest BCUT2D eigenvalue weighted by Gasteiger charge is 2.25. The predicted octanol–water partition coefficient (Wildman–Crippen LogP) is 2.75. The molecule has 3 aromatic heterocycles. The first-order chi connectivity index (χ1) is 18.2. The van der Waals surface area contributed by atoms with Crippen LogP contribution in [0.4, 0.5) is 5.69 Å². The van der Waals surface area contributed by atoms with Gasteiger partial charge in [-0.05, 0) is 58.2 Å². The number of likely N-dealkylation sites (tertiary alicyclic amines) is 1. The number of anilines is 1. The molecule has 5 rings (SSSR count). The summed E-state index contributed by atoms with van der Waals surface area (Å²) >= 11 is 0. The predicted molar refractivity (Wildman–Crippen MR) is 145 cm³/mol. The topological polar surface area (TPSA) is 116 Å². The molecule has 0 amide bonds. The summed E-state index contributed by atoms with van der Waals surface area (Å²) in [6.07, 6.45) is 10.5. The number of hydrogen-bond acceptors (Lipinski definition) is 8. The Kier molecular flexibility index (Phi) is 7.73. The van der Waals surface area contributed by atoms with Crippen molar-refractivity contribution >= 4 is 15.7 Å². The van der Waals surface area contributed by atoms with Crippen molar-refractivity contribution < 1.29 is 17.9 Å². The van der Waals surface area contributed by atoms with E-state index in [1.165, 1.54) is 20.0 Å². The van der Waals surface area contributed by atoms with Gasteiger partial charge in [0.25, 0.3) is 0 Å². The first kappa shape index (κ1) is 26.6. The number of pyridine rings is 1. The summed E-state index contributed by atoms with van der Waals surface area (Å²) in [6, 6.07) is 2.29. The first-order valence-corrected chi connectivity index (χ1v) is 15.1. The van der Waals surface area contributed by atoms with Crippen LogP contribution in [0.15, 0.2) is 24.7 Å². The quantitative estimate of drug-likeness (QED) is 0.461. The summed E-state index contributed by atoms with van der Waals surface area (Å²) in [5.41, 5.74) is 4.91. The van der Waals surface area contributed by atoms with Crippen molar-refractivity contribution in [2.45, 2.75) is 52.1 Å². The molecule has 1 N–H and O–H groups in total. The Morgan fingerprint density at radius 1 is 1.18 bits per heavy atom. The molecule has 0 radical (unpaired) electrons. The zero-order chi connectivity index (χ0) is 26.9. The van der Waals surface area contributed by atoms with E-state index in [2.05, 4.69) is 39.7 Å². The fourth-order valence-electron chi connectivity index (χ4n) is 5.39. The van der Waals surface area contributed by atoms with Crippen LogP contribution in [-0.2, 0) is 34.1 Å². The maximum Gasteiger partial charge on any atom is 0.238 e. The second kappa shape index (κ2) is 11.0. The summed E-state index contributed by atoms with van der Waals surface area (Å²) in [5, 5.41) is 9.69. The molecule has 3 aromatic rings. The second-order valence-electron chi connectivity index (χ2n) is 10.4. The van der Waals surface area contributed by atoms with Gasteiger partial charge in [0.2, 0.25) is 15.9 Å². The van der Waals surface area contributed by atoms with E-state index in [1.54, 1.807) is 12.3 Å². The molecule has 0 aliphatic carbocycles. The third-order valence-corrected chi connectivity index (χ3v) is 7.96. The molecule has 2 aliphatic rings. The van der Waals surface area contributed by atoms with E-state index in [-0.39, 0.29) is 11.6 Å². The highest BCUT2D eigenvalue weighted by Crippen LogP contribution is 2.32. The van der Waals surface area contributed by atoms with Crippen molar-refractivity contribution in [2.24, 2.45) is 5.92 Å². The van der Waals surface area contributed by atoms with E-state index in [1.807, 2.05) is 15.6 Å². The molecule has 0 bridgehead atoms. The van der Waals surface area contributed by atoms with Gasteiger partial charge in [0, 0.05) is 36.3 Å². The van der Waals surface area contributed by atoms with Crippen LogP contribution in [0.1, 0.15) is 37.9 Å². The minimum Gasteiger partial charge on any atom is -0.479 e. The van der Waals surface area contributed by atoms with Crippen LogP contribution in [0.5, 0.6) is 5.88 Å². The number of fused-ring (bicyclic) bond motifs is 1. The molecule has 2 aliphatic heterocycles. The number of sulfonamides is 1. The number of rotatable bonds is 8. The Hall–Kier alpha value is -2.96. The lowest BCUT2D eigenvalue weighted by molar-refractivity contribution is 0.140. The molecular weight excluding hydrogens is 506 g/mol. The lowest BCUT2D eigenvalue weighted by Gasteiger charge is -2.34. The minimum absolute atomic E-state index is 0.196. The highest BCUT2D eigenvalue weighted by molar-refractivity contribution is 7.92. The third kappa shape index (κ3) is 5.87. The normalized spacial score (nSPS) is 17.4. The second-order valence-corrected chi connectivity index (χ2v) is 12.2. The van der Waals surface area contributed by atoms with E-state index in [0.29, 0.717) is 37.3 Å². The summed E-state index contributed by atoms with van der Waals surface area (Å²) in [5.74, 6) is 0.813. The number of piperidine rings is 1. The largest absolute Gasteiger partial charge is 0.479 e. The number of nitrogens with one attached hydrogen (secondary N) is 1. The molecule has 1 fully saturated rings. The summed E-state index contributed by atoms with van der Waals surface area (Å²) in [6.45, 7) is 8.92. The van der Waals surface area contributed by atoms with E-state index in [4.69, 9.17) is 14.6 Å². The molecule has 206 valence electrons. The number of methoxy groups -OCH3 is 1. The molecule has 0 atom stereocenters. The highest BCUT2D eigenvalue weighted by atomic mass is 32.2. The first-order valence-electron chi connectivity index (χ1n) is 13.2. The average Bonchev–Trinajstić information content (AvgIpc) is 3.40. The number of nitrogens with zero attached hydrogens (tertiary/aromatic N) is 6. The van der Waals surface area contributed by atoms with Crippen LogP contribution in [0.2, 0.25) is 0 Å². The Labute approximate surface area is 224 Å². The number of ether oxygens (including phenoxy) is 2. The Bertz CT molecular complexity index is 1370. The van der Waals surface area contributed by atoms with Crippen LogP contribution in [0.3, 0.4) is 0 Å². The minimum atomic E-state index is -3.52. The molecule has 0 spiro atoms. The molecule has 0 unspecified atom stereocenters. The Morgan fingerprint density at radius 3 is 2.66 bits per heavy atom. The molecule has 1 saturated heterocycles. The van der Waals surface area contributed by atoms with Gasteiger partial charge < -0.3 is 14.4 Å². The van der Waals surface area contributed by atoms with Gasteiger partial charge in [-0.1, -0.05) is 0 Å². The van der Waals surface area contributed by atoms with Gasteiger partial charge in [0.1, 0.15) is 5.69 Å². The maximum absolute atomic E-state index is 11.9. The van der Waals surface area contributed by atoms with E-state index in [0.717, 1.165) is 54.8 Å². The van der Waals surface area contributed by atoms with Crippen LogP contribution >= 0.6 is 0 Å². The Morgan fingerprint density at radius 2 is 1.95 bits per heavy atom. The standard InChI is InChI=1S/C26H37N7O4S/c1-18(2)31-9-5-19(6-10-31)16-32-17-20(14-28-32)25-22-7-11-37-12-8-24(22)33(29-25)21-13-23(30-38(4,34)35)26(36-3)27-15-21/h13-15,17-19,30H,5-12,16H2,1-4H3. The fraction of sp³-hybridized carbons (Fsp3) is 0.577. The smallest absolute Gasteiger partial charge is 0.238 e. The molecule has 5 heterocycles. The monoisotopic (exact) mass is 543 g/mol. The average molecular weight is 544 g/mol. The summed E-state index contributed by atoms with van der Waals surface area (Å²) < 4.78 is 41.3. The van der Waals surface area contributed by atoms with Crippen molar-refractivity contribution in [1.29, 1.82) is 0 Å². The Balaban J connectivity index is 1.45.